The fourth-order valence-corrected chi connectivity index (χ4v) is 2.37. The summed E-state index contributed by atoms with van der Waals surface area (Å²) in [5.74, 6) is -0.947. The lowest BCUT2D eigenvalue weighted by atomic mass is 10.1. The minimum atomic E-state index is -0.815. The predicted molar refractivity (Wildman–Crippen MR) is 81.9 cm³/mol. The Hall–Kier alpha value is -2.95. The number of fused-ring (bicyclic) bond motifs is 1. The molecule has 0 atom stereocenters. The first-order chi connectivity index (χ1) is 10.6. The summed E-state index contributed by atoms with van der Waals surface area (Å²) < 4.78 is 5.87. The molecule has 5 heteroatoms. The van der Waals surface area contributed by atoms with E-state index in [0.29, 0.717) is 5.52 Å². The molecule has 0 aliphatic carbocycles. The molecule has 0 aliphatic rings. The van der Waals surface area contributed by atoms with Crippen molar-refractivity contribution in [1.29, 1.82) is 0 Å². The molecule has 0 aliphatic heterocycles. The maximum absolute atomic E-state index is 12.2. The van der Waals surface area contributed by atoms with Crippen LogP contribution in [0.15, 0.2) is 68.6 Å². The normalized spacial score (nSPS) is 10.7. The summed E-state index contributed by atoms with van der Waals surface area (Å²) in [6, 6.07) is 15.9. The van der Waals surface area contributed by atoms with E-state index in [4.69, 9.17) is 0 Å². The van der Waals surface area contributed by atoms with Crippen molar-refractivity contribution in [2.75, 3.05) is 0 Å². The lowest BCUT2D eigenvalue weighted by Gasteiger charge is -2.07. The van der Waals surface area contributed by atoms with E-state index in [1.807, 2.05) is 30.3 Å². The number of ketones is 1. The van der Waals surface area contributed by atoms with Crippen LogP contribution < -0.4 is 11.4 Å². The second-order valence-corrected chi connectivity index (χ2v) is 4.96. The molecule has 22 heavy (non-hydrogen) atoms. The number of para-hydroxylation sites is 1. The molecule has 0 bridgehead atoms. The first kappa shape index (κ1) is 14.0. The van der Waals surface area contributed by atoms with E-state index in [2.05, 4.69) is 4.42 Å². The summed E-state index contributed by atoms with van der Waals surface area (Å²) in [7, 11) is 0. The fraction of sp³-hybridized carbons (Fsp3) is 0.118. The number of rotatable bonds is 4. The van der Waals surface area contributed by atoms with Crippen molar-refractivity contribution in [2.45, 2.75) is 13.0 Å². The Bertz CT molecular complexity index is 938. The topological polar surface area (TPSA) is 69.3 Å². The molecule has 0 saturated heterocycles. The molecule has 3 rings (SSSR count). The first-order valence-electron chi connectivity index (χ1n) is 6.83. The molecule has 1 heterocycles. The van der Waals surface area contributed by atoms with Gasteiger partial charge in [0.25, 0.3) is 0 Å². The zero-order chi connectivity index (χ0) is 15.5. The van der Waals surface area contributed by atoms with Crippen molar-refractivity contribution in [1.82, 2.24) is 4.57 Å². The summed E-state index contributed by atoms with van der Waals surface area (Å²) in [4.78, 5) is 35.7. The van der Waals surface area contributed by atoms with Crippen LogP contribution in [-0.2, 0) is 17.8 Å². The van der Waals surface area contributed by atoms with Gasteiger partial charge in [-0.2, -0.15) is 0 Å². The van der Waals surface area contributed by atoms with Crippen LogP contribution in [0.3, 0.4) is 0 Å². The highest BCUT2D eigenvalue weighted by Crippen LogP contribution is 2.08. The molecule has 0 N–H and O–H groups in total. The number of aromatic nitrogens is 1. The molecular formula is C17H13NO4. The number of carbonyl (C=O) groups excluding carboxylic acids is 1. The molecule has 3 aromatic rings. The van der Waals surface area contributed by atoms with E-state index in [1.165, 1.54) is 4.57 Å². The van der Waals surface area contributed by atoms with Crippen molar-refractivity contribution < 1.29 is 9.21 Å². The van der Waals surface area contributed by atoms with Gasteiger partial charge in [-0.15, -0.1) is 0 Å². The molecule has 0 amide bonds. The minimum Gasteiger partial charge on any atom is -0.372 e. The van der Waals surface area contributed by atoms with Crippen LogP contribution in [-0.4, -0.2) is 10.4 Å². The van der Waals surface area contributed by atoms with Gasteiger partial charge in [0.05, 0.1) is 17.4 Å². The number of hydrogen-bond donors (Lipinski definition) is 0. The van der Waals surface area contributed by atoms with Gasteiger partial charge in [-0.25, -0.2) is 9.59 Å². The third kappa shape index (κ3) is 2.74. The van der Waals surface area contributed by atoms with Gasteiger partial charge in [0.1, 0.15) is 0 Å². The second kappa shape index (κ2) is 5.81. The number of carbonyl (C=O) groups is 1. The van der Waals surface area contributed by atoms with Gasteiger partial charge in [0.2, 0.25) is 0 Å². The van der Waals surface area contributed by atoms with Crippen molar-refractivity contribution in [3.8, 4) is 0 Å². The van der Waals surface area contributed by atoms with E-state index < -0.39 is 11.4 Å². The molecule has 0 spiro atoms. The lowest BCUT2D eigenvalue weighted by molar-refractivity contribution is -0.119. The molecule has 0 radical (unpaired) electrons. The highest BCUT2D eigenvalue weighted by atomic mass is 16.4. The van der Waals surface area contributed by atoms with Gasteiger partial charge < -0.3 is 4.42 Å². The second-order valence-electron chi connectivity index (χ2n) is 4.96. The Kier molecular flexibility index (Phi) is 3.70. The summed E-state index contributed by atoms with van der Waals surface area (Å²) in [5, 5.41) is 0.287. The van der Waals surface area contributed by atoms with Crippen LogP contribution in [0.25, 0.3) is 10.9 Å². The van der Waals surface area contributed by atoms with Crippen molar-refractivity contribution >= 4 is 16.7 Å². The first-order valence-corrected chi connectivity index (χ1v) is 6.83. The molecule has 0 fully saturated rings. The van der Waals surface area contributed by atoms with Crippen LogP contribution in [0.5, 0.6) is 0 Å². The maximum Gasteiger partial charge on any atom is 0.422 e. The van der Waals surface area contributed by atoms with Crippen LogP contribution in [0, 0.1) is 0 Å². The van der Waals surface area contributed by atoms with E-state index in [0.717, 1.165) is 5.56 Å². The zero-order valence-electron chi connectivity index (χ0n) is 11.7. The molecule has 110 valence electrons. The average Bonchev–Trinajstić information content (AvgIpc) is 2.52. The van der Waals surface area contributed by atoms with E-state index in [1.54, 1.807) is 24.3 Å². The van der Waals surface area contributed by atoms with Crippen LogP contribution >= 0.6 is 0 Å². The third-order valence-corrected chi connectivity index (χ3v) is 3.39. The Morgan fingerprint density at radius 3 is 2.41 bits per heavy atom. The van der Waals surface area contributed by atoms with Gasteiger partial charge >= 0.3 is 11.4 Å². The highest BCUT2D eigenvalue weighted by Gasteiger charge is 2.12. The monoisotopic (exact) mass is 295 g/mol. The smallest absolute Gasteiger partial charge is 0.372 e. The lowest BCUT2D eigenvalue weighted by Crippen LogP contribution is -2.28. The number of nitrogens with zero attached hydrogens (tertiary/aromatic N) is 1. The molecular weight excluding hydrogens is 282 g/mol. The SMILES string of the molecule is O=C(Cc1ccccc1)Cn1c(=O)oc(=O)c2ccccc21. The predicted octanol–water partition coefficient (Wildman–Crippen LogP) is 1.77. The van der Waals surface area contributed by atoms with Gasteiger partial charge in [-0.3, -0.25) is 9.36 Å². The molecule has 5 nitrogen and oxygen atoms in total. The minimum absolute atomic E-state index is 0.127. The van der Waals surface area contributed by atoms with Gasteiger partial charge in [-0.05, 0) is 17.7 Å². The fourth-order valence-electron chi connectivity index (χ4n) is 2.37. The summed E-state index contributed by atoms with van der Waals surface area (Å²) in [5.41, 5.74) is 0.597. The van der Waals surface area contributed by atoms with Crippen molar-refractivity contribution in [3.05, 3.63) is 81.1 Å². The number of benzene rings is 2. The third-order valence-electron chi connectivity index (χ3n) is 3.39. The summed E-state index contributed by atoms with van der Waals surface area (Å²) in [6.45, 7) is -0.127. The quantitative estimate of drug-likeness (QED) is 0.735. The Morgan fingerprint density at radius 2 is 1.64 bits per heavy atom. The molecule has 0 saturated carbocycles. The maximum atomic E-state index is 12.2. The van der Waals surface area contributed by atoms with Gasteiger partial charge in [-0.1, -0.05) is 42.5 Å². The van der Waals surface area contributed by atoms with E-state index >= 15 is 0 Å². The van der Waals surface area contributed by atoms with E-state index in [9.17, 15) is 14.4 Å². The Balaban J connectivity index is 1.96. The number of hydrogen-bond acceptors (Lipinski definition) is 4. The van der Waals surface area contributed by atoms with Gasteiger partial charge in [0.15, 0.2) is 5.78 Å². The van der Waals surface area contributed by atoms with Crippen molar-refractivity contribution in [2.24, 2.45) is 0 Å². The van der Waals surface area contributed by atoms with Gasteiger partial charge in [0, 0.05) is 6.42 Å². The number of Topliss-reactive ketones (excluding diaryl/α,β-unsaturated/α-hetero) is 1. The summed E-state index contributed by atoms with van der Waals surface area (Å²) >= 11 is 0. The van der Waals surface area contributed by atoms with Crippen LogP contribution in [0.2, 0.25) is 0 Å². The Morgan fingerprint density at radius 1 is 0.955 bits per heavy atom. The molecule has 0 unspecified atom stereocenters. The molecule has 1 aromatic heterocycles. The zero-order valence-corrected chi connectivity index (χ0v) is 11.7. The van der Waals surface area contributed by atoms with Crippen LogP contribution in [0.4, 0.5) is 0 Å². The largest absolute Gasteiger partial charge is 0.422 e. The van der Waals surface area contributed by atoms with E-state index in [-0.39, 0.29) is 24.1 Å². The van der Waals surface area contributed by atoms with Crippen molar-refractivity contribution in [3.63, 3.8) is 0 Å². The summed E-state index contributed by atoms with van der Waals surface area (Å²) in [6.07, 6.45) is 0.223. The standard InChI is InChI=1S/C17H13NO4/c19-13(10-12-6-2-1-3-7-12)11-18-15-9-5-4-8-14(15)16(20)22-17(18)21/h1-9H,10-11H2. The average molecular weight is 295 g/mol. The highest BCUT2D eigenvalue weighted by molar-refractivity contribution is 5.83. The Labute approximate surface area is 125 Å². The molecule has 2 aromatic carbocycles. The van der Waals surface area contributed by atoms with Crippen LogP contribution in [0.1, 0.15) is 5.56 Å².